The summed E-state index contributed by atoms with van der Waals surface area (Å²) >= 11 is 0. The molecule has 1 N–H and O–H groups in total. The SMILES string of the molecule is CCCc1ccc(C(C)Nc2ccc(C#N)cc2)cc1. The average Bonchev–Trinajstić information content (AvgIpc) is 2.49. The zero-order chi connectivity index (χ0) is 14.4. The van der Waals surface area contributed by atoms with E-state index in [2.05, 4.69) is 49.5 Å². The number of aryl methyl sites for hydroxylation is 1. The molecule has 0 aliphatic carbocycles. The highest BCUT2D eigenvalue weighted by molar-refractivity contribution is 5.48. The van der Waals surface area contributed by atoms with Gasteiger partial charge in [-0.3, -0.25) is 0 Å². The van der Waals surface area contributed by atoms with E-state index >= 15 is 0 Å². The maximum absolute atomic E-state index is 8.79. The lowest BCUT2D eigenvalue weighted by Gasteiger charge is -2.16. The van der Waals surface area contributed by atoms with E-state index in [1.54, 1.807) is 0 Å². The number of nitrogens with one attached hydrogen (secondary N) is 1. The molecule has 0 fully saturated rings. The standard InChI is InChI=1S/C18H20N2/c1-3-4-15-5-9-17(10-6-15)14(2)20-18-11-7-16(13-19)8-12-18/h5-12,14,20H,3-4H2,1-2H3. The first-order valence-electron chi connectivity index (χ1n) is 7.08. The second kappa shape index (κ2) is 6.77. The second-order valence-corrected chi connectivity index (χ2v) is 5.05. The van der Waals surface area contributed by atoms with E-state index < -0.39 is 0 Å². The van der Waals surface area contributed by atoms with E-state index in [0.717, 1.165) is 12.1 Å². The third-order valence-corrected chi connectivity index (χ3v) is 3.42. The van der Waals surface area contributed by atoms with Crippen LogP contribution in [0.5, 0.6) is 0 Å². The molecule has 2 heteroatoms. The molecule has 2 aromatic carbocycles. The Bertz CT molecular complexity index is 576. The zero-order valence-electron chi connectivity index (χ0n) is 12.1. The Morgan fingerprint density at radius 1 is 1.05 bits per heavy atom. The summed E-state index contributed by atoms with van der Waals surface area (Å²) in [6.07, 6.45) is 2.32. The molecule has 0 radical (unpaired) electrons. The van der Waals surface area contributed by atoms with Crippen molar-refractivity contribution in [1.29, 1.82) is 5.26 Å². The van der Waals surface area contributed by atoms with E-state index in [1.807, 2.05) is 24.3 Å². The molecule has 2 aromatic rings. The monoisotopic (exact) mass is 264 g/mol. The molecular formula is C18H20N2. The molecule has 0 heterocycles. The van der Waals surface area contributed by atoms with Crippen LogP contribution in [0.3, 0.4) is 0 Å². The molecule has 2 rings (SSSR count). The Hall–Kier alpha value is -2.27. The summed E-state index contributed by atoms with van der Waals surface area (Å²) < 4.78 is 0. The van der Waals surface area contributed by atoms with Gasteiger partial charge in [0.25, 0.3) is 0 Å². The van der Waals surface area contributed by atoms with Crippen LogP contribution in [0, 0.1) is 11.3 Å². The van der Waals surface area contributed by atoms with Crippen LogP contribution >= 0.6 is 0 Å². The van der Waals surface area contributed by atoms with E-state index in [-0.39, 0.29) is 6.04 Å². The summed E-state index contributed by atoms with van der Waals surface area (Å²) in [6, 6.07) is 18.7. The first kappa shape index (κ1) is 14.1. The topological polar surface area (TPSA) is 35.8 Å². The van der Waals surface area contributed by atoms with Crippen LogP contribution in [0.2, 0.25) is 0 Å². The lowest BCUT2D eigenvalue weighted by atomic mass is 10.0. The normalized spacial score (nSPS) is 11.7. The van der Waals surface area contributed by atoms with Crippen molar-refractivity contribution in [2.45, 2.75) is 32.7 Å². The number of hydrogen-bond acceptors (Lipinski definition) is 2. The Labute approximate surface area is 121 Å². The lowest BCUT2D eigenvalue weighted by Crippen LogP contribution is -2.06. The van der Waals surface area contributed by atoms with Gasteiger partial charge in [-0.1, -0.05) is 37.6 Å². The van der Waals surface area contributed by atoms with Gasteiger partial charge in [0.2, 0.25) is 0 Å². The predicted octanol–water partition coefficient (Wildman–Crippen LogP) is 4.68. The molecule has 0 aliphatic rings. The highest BCUT2D eigenvalue weighted by Crippen LogP contribution is 2.20. The Morgan fingerprint density at radius 3 is 2.25 bits per heavy atom. The first-order valence-corrected chi connectivity index (χ1v) is 7.08. The van der Waals surface area contributed by atoms with Gasteiger partial charge in [0.15, 0.2) is 0 Å². The Kier molecular flexibility index (Phi) is 4.79. The van der Waals surface area contributed by atoms with Gasteiger partial charge in [-0.2, -0.15) is 5.26 Å². The fourth-order valence-corrected chi connectivity index (χ4v) is 2.24. The largest absolute Gasteiger partial charge is 0.379 e. The van der Waals surface area contributed by atoms with Gasteiger partial charge in [-0.05, 0) is 48.7 Å². The van der Waals surface area contributed by atoms with Gasteiger partial charge in [-0.15, -0.1) is 0 Å². The van der Waals surface area contributed by atoms with Gasteiger partial charge in [0.05, 0.1) is 11.6 Å². The summed E-state index contributed by atoms with van der Waals surface area (Å²) in [4.78, 5) is 0. The summed E-state index contributed by atoms with van der Waals surface area (Å²) in [5.74, 6) is 0. The van der Waals surface area contributed by atoms with Crippen LogP contribution in [0.15, 0.2) is 48.5 Å². The van der Waals surface area contributed by atoms with Crippen LogP contribution < -0.4 is 5.32 Å². The maximum atomic E-state index is 8.79. The fourth-order valence-electron chi connectivity index (χ4n) is 2.24. The maximum Gasteiger partial charge on any atom is 0.0991 e. The van der Waals surface area contributed by atoms with Crippen molar-refractivity contribution in [3.8, 4) is 6.07 Å². The molecule has 0 bridgehead atoms. The Morgan fingerprint density at radius 2 is 1.70 bits per heavy atom. The van der Waals surface area contributed by atoms with Gasteiger partial charge < -0.3 is 5.32 Å². The number of nitriles is 1. The number of anilines is 1. The van der Waals surface area contributed by atoms with Gasteiger partial charge in [-0.25, -0.2) is 0 Å². The fraction of sp³-hybridized carbons (Fsp3) is 0.278. The minimum atomic E-state index is 0.249. The number of rotatable bonds is 5. The van der Waals surface area contributed by atoms with Crippen molar-refractivity contribution in [3.05, 3.63) is 65.2 Å². The highest BCUT2D eigenvalue weighted by Gasteiger charge is 2.05. The third kappa shape index (κ3) is 3.61. The predicted molar refractivity (Wildman–Crippen MR) is 83.6 cm³/mol. The summed E-state index contributed by atoms with van der Waals surface area (Å²) in [7, 11) is 0. The van der Waals surface area contributed by atoms with Crippen molar-refractivity contribution < 1.29 is 0 Å². The quantitative estimate of drug-likeness (QED) is 0.850. The smallest absolute Gasteiger partial charge is 0.0991 e. The molecule has 2 nitrogen and oxygen atoms in total. The Balaban J connectivity index is 2.03. The minimum absolute atomic E-state index is 0.249. The molecule has 0 aliphatic heterocycles. The van der Waals surface area contributed by atoms with Crippen LogP contribution in [0.4, 0.5) is 5.69 Å². The van der Waals surface area contributed by atoms with E-state index in [9.17, 15) is 0 Å². The van der Waals surface area contributed by atoms with Crippen LogP contribution in [-0.4, -0.2) is 0 Å². The molecule has 0 aromatic heterocycles. The highest BCUT2D eigenvalue weighted by atomic mass is 14.9. The second-order valence-electron chi connectivity index (χ2n) is 5.05. The molecule has 1 atom stereocenters. The summed E-state index contributed by atoms with van der Waals surface area (Å²) in [5.41, 5.74) is 4.39. The molecule has 0 saturated carbocycles. The van der Waals surface area contributed by atoms with E-state index in [4.69, 9.17) is 5.26 Å². The van der Waals surface area contributed by atoms with E-state index in [1.165, 1.54) is 17.5 Å². The number of benzene rings is 2. The van der Waals surface area contributed by atoms with E-state index in [0.29, 0.717) is 5.56 Å². The van der Waals surface area contributed by atoms with Crippen molar-refractivity contribution in [3.63, 3.8) is 0 Å². The average molecular weight is 264 g/mol. The molecule has 0 amide bonds. The molecule has 0 saturated heterocycles. The third-order valence-electron chi connectivity index (χ3n) is 3.42. The molecular weight excluding hydrogens is 244 g/mol. The van der Waals surface area contributed by atoms with Crippen LogP contribution in [0.25, 0.3) is 0 Å². The molecule has 1 unspecified atom stereocenters. The first-order chi connectivity index (χ1) is 9.72. The summed E-state index contributed by atoms with van der Waals surface area (Å²) in [5, 5.41) is 12.2. The van der Waals surface area contributed by atoms with Gasteiger partial charge in [0, 0.05) is 11.7 Å². The molecule has 20 heavy (non-hydrogen) atoms. The van der Waals surface area contributed by atoms with Crippen molar-refractivity contribution in [1.82, 2.24) is 0 Å². The number of hydrogen-bond donors (Lipinski definition) is 1. The van der Waals surface area contributed by atoms with Crippen molar-refractivity contribution in [2.24, 2.45) is 0 Å². The summed E-state index contributed by atoms with van der Waals surface area (Å²) in [6.45, 7) is 4.34. The van der Waals surface area contributed by atoms with Crippen LogP contribution in [-0.2, 0) is 6.42 Å². The minimum Gasteiger partial charge on any atom is -0.379 e. The van der Waals surface area contributed by atoms with Gasteiger partial charge >= 0.3 is 0 Å². The van der Waals surface area contributed by atoms with Crippen molar-refractivity contribution in [2.75, 3.05) is 5.32 Å². The molecule has 102 valence electrons. The van der Waals surface area contributed by atoms with Gasteiger partial charge in [0.1, 0.15) is 0 Å². The van der Waals surface area contributed by atoms with Crippen molar-refractivity contribution >= 4 is 5.69 Å². The number of nitrogens with zero attached hydrogens (tertiary/aromatic N) is 1. The molecule has 0 spiro atoms. The zero-order valence-corrected chi connectivity index (χ0v) is 12.1. The van der Waals surface area contributed by atoms with Crippen LogP contribution in [0.1, 0.15) is 43.0 Å². The lowest BCUT2D eigenvalue weighted by molar-refractivity contribution is 0.876.